The third-order valence-electron chi connectivity index (χ3n) is 3.98. The highest BCUT2D eigenvalue weighted by Crippen LogP contribution is 2.44. The van der Waals surface area contributed by atoms with E-state index in [1.165, 1.54) is 0 Å². The first-order valence-electron chi connectivity index (χ1n) is 8.19. The molecule has 1 aliphatic rings. The highest BCUT2D eigenvalue weighted by molar-refractivity contribution is 6.55. The summed E-state index contributed by atoms with van der Waals surface area (Å²) in [5.74, 6) is -2.19. The van der Waals surface area contributed by atoms with E-state index in [0.717, 1.165) is 37.0 Å². The van der Waals surface area contributed by atoms with Gasteiger partial charge in [0.2, 0.25) is 0 Å². The first kappa shape index (κ1) is 21.3. The van der Waals surface area contributed by atoms with Gasteiger partial charge in [-0.15, -0.1) is 0 Å². The molecule has 26 heavy (non-hydrogen) atoms. The number of fused-ring (bicyclic) bond motifs is 1. The smallest absolute Gasteiger partial charge is 0.326 e. The molecule has 0 unspecified atom stereocenters. The van der Waals surface area contributed by atoms with Crippen LogP contribution in [0.25, 0.3) is 0 Å². The van der Waals surface area contributed by atoms with Gasteiger partial charge in [0, 0.05) is 0 Å². The molecule has 1 heterocycles. The lowest BCUT2D eigenvalue weighted by Gasteiger charge is -2.13. The zero-order valence-electron chi connectivity index (χ0n) is 14.0. The minimum Gasteiger partial charge on any atom is -0.464 e. The quantitative estimate of drug-likeness (QED) is 0.178. The lowest BCUT2D eigenvalue weighted by atomic mass is 10.1. The van der Waals surface area contributed by atoms with Crippen LogP contribution in [0.15, 0.2) is 0 Å². The fourth-order valence-corrected chi connectivity index (χ4v) is 3.62. The number of esters is 1. The van der Waals surface area contributed by atoms with E-state index in [4.69, 9.17) is 51.1 Å². The zero-order valence-corrected chi connectivity index (χ0v) is 17.1. The zero-order chi connectivity index (χ0) is 19.4. The normalized spacial score (nSPS) is 13.3. The number of nitrogens with zero attached hydrogens (tertiary/aromatic N) is 1. The Bertz CT molecular complexity index is 704. The Morgan fingerprint density at radius 2 is 1.35 bits per heavy atom. The molecule has 0 N–H and O–H groups in total. The third-order valence-corrected chi connectivity index (χ3v) is 5.79. The number of ether oxygens (including phenoxy) is 1. The Hall–Kier alpha value is -1.01. The van der Waals surface area contributed by atoms with Crippen molar-refractivity contribution in [3.8, 4) is 0 Å². The van der Waals surface area contributed by atoms with Crippen LogP contribution in [0.4, 0.5) is 0 Å². The molecule has 1 aromatic rings. The summed E-state index contributed by atoms with van der Waals surface area (Å²) in [6.45, 7) is 1.83. The van der Waals surface area contributed by atoms with Crippen LogP contribution in [0.2, 0.25) is 20.1 Å². The number of carbonyl (C=O) groups excluding carboxylic acids is 3. The summed E-state index contributed by atoms with van der Waals surface area (Å²) in [5.41, 5.74) is -0.299. The van der Waals surface area contributed by atoms with Gasteiger partial charge in [0.05, 0.1) is 37.8 Å². The number of halogens is 4. The highest BCUT2D eigenvalue weighted by Gasteiger charge is 2.42. The van der Waals surface area contributed by atoms with Crippen LogP contribution < -0.4 is 0 Å². The van der Waals surface area contributed by atoms with Gasteiger partial charge in [-0.05, 0) is 6.42 Å². The van der Waals surface area contributed by atoms with E-state index in [1.54, 1.807) is 0 Å². The second kappa shape index (κ2) is 9.27. The molecule has 1 aromatic carbocycles. The number of imide groups is 1. The Labute approximate surface area is 171 Å². The maximum Gasteiger partial charge on any atom is 0.326 e. The van der Waals surface area contributed by atoms with Gasteiger partial charge in [0.25, 0.3) is 11.8 Å². The number of hydrogen-bond acceptors (Lipinski definition) is 4. The van der Waals surface area contributed by atoms with Crippen molar-refractivity contribution in [2.75, 3.05) is 13.2 Å². The maximum atomic E-state index is 12.5. The summed E-state index contributed by atoms with van der Waals surface area (Å²) >= 11 is 23.9. The Morgan fingerprint density at radius 3 is 1.85 bits per heavy atom. The van der Waals surface area contributed by atoms with Crippen LogP contribution in [0, 0.1) is 0 Å². The first-order valence-corrected chi connectivity index (χ1v) is 9.70. The summed E-state index contributed by atoms with van der Waals surface area (Å²) in [7, 11) is 0. The van der Waals surface area contributed by atoms with Gasteiger partial charge in [-0.2, -0.15) is 0 Å². The number of carbonyl (C=O) groups is 3. The summed E-state index contributed by atoms with van der Waals surface area (Å²) < 4.78 is 5.08. The van der Waals surface area contributed by atoms with E-state index in [-0.39, 0.29) is 37.8 Å². The molecule has 0 saturated carbocycles. The van der Waals surface area contributed by atoms with Crippen molar-refractivity contribution < 1.29 is 19.1 Å². The average Bonchev–Trinajstić information content (AvgIpc) is 2.86. The van der Waals surface area contributed by atoms with Gasteiger partial charge in [0.15, 0.2) is 0 Å². The van der Waals surface area contributed by atoms with E-state index in [9.17, 15) is 14.4 Å². The summed E-state index contributed by atoms with van der Waals surface area (Å²) in [6, 6.07) is 0. The number of rotatable bonds is 8. The summed E-state index contributed by atoms with van der Waals surface area (Å²) in [5, 5.41) is -0.563. The molecule has 0 aliphatic carbocycles. The van der Waals surface area contributed by atoms with Crippen LogP contribution in [0.3, 0.4) is 0 Å². The van der Waals surface area contributed by atoms with E-state index >= 15 is 0 Å². The second-order valence-corrected chi connectivity index (χ2v) is 7.35. The molecule has 0 spiro atoms. The summed E-state index contributed by atoms with van der Waals surface area (Å²) in [6.07, 6.45) is 5.02. The van der Waals surface area contributed by atoms with Gasteiger partial charge in [-0.3, -0.25) is 19.3 Å². The molecular formula is C17H17Cl4NO4. The topological polar surface area (TPSA) is 63.7 Å². The van der Waals surface area contributed by atoms with E-state index in [1.807, 2.05) is 0 Å². The largest absolute Gasteiger partial charge is 0.464 e. The van der Waals surface area contributed by atoms with Crippen molar-refractivity contribution in [3.63, 3.8) is 0 Å². The molecule has 0 radical (unpaired) electrons. The third kappa shape index (κ3) is 4.28. The van der Waals surface area contributed by atoms with Crippen molar-refractivity contribution >= 4 is 64.2 Å². The minimum absolute atomic E-state index is 0.116. The molecule has 2 amide bonds. The number of amides is 2. The van der Waals surface area contributed by atoms with E-state index < -0.39 is 24.3 Å². The van der Waals surface area contributed by atoms with Gasteiger partial charge >= 0.3 is 5.97 Å². The van der Waals surface area contributed by atoms with Gasteiger partial charge in [-0.1, -0.05) is 79.0 Å². The van der Waals surface area contributed by atoms with E-state index in [2.05, 4.69) is 6.92 Å². The van der Waals surface area contributed by atoms with Gasteiger partial charge in [-0.25, -0.2) is 0 Å². The predicted octanol–water partition coefficient (Wildman–Crippen LogP) is 5.41. The molecule has 0 aromatic heterocycles. The summed E-state index contributed by atoms with van der Waals surface area (Å²) in [4.78, 5) is 37.6. The molecule has 142 valence electrons. The Morgan fingerprint density at radius 1 is 0.846 bits per heavy atom. The molecule has 0 bridgehead atoms. The van der Waals surface area contributed by atoms with Crippen LogP contribution in [0.5, 0.6) is 0 Å². The van der Waals surface area contributed by atoms with Crippen molar-refractivity contribution in [1.29, 1.82) is 0 Å². The van der Waals surface area contributed by atoms with Crippen LogP contribution in [0.1, 0.15) is 59.7 Å². The molecule has 0 fully saturated rings. The SMILES string of the molecule is CCCCCCCOC(=O)CN1C(=O)c2c(Cl)c(Cl)c(Cl)c(Cl)c2C1=O. The number of unbranched alkanes of at least 4 members (excludes halogenated alkanes) is 4. The molecule has 1 aliphatic heterocycles. The number of hydrogen-bond donors (Lipinski definition) is 0. The van der Waals surface area contributed by atoms with E-state index in [0.29, 0.717) is 0 Å². The van der Waals surface area contributed by atoms with Crippen LogP contribution in [-0.4, -0.2) is 35.8 Å². The van der Waals surface area contributed by atoms with Crippen molar-refractivity contribution in [2.24, 2.45) is 0 Å². The van der Waals surface area contributed by atoms with Gasteiger partial charge < -0.3 is 4.74 Å². The molecule has 2 rings (SSSR count). The fourth-order valence-electron chi connectivity index (χ4n) is 2.61. The first-order chi connectivity index (χ1) is 12.3. The lowest BCUT2D eigenvalue weighted by molar-refractivity contribution is -0.144. The monoisotopic (exact) mass is 439 g/mol. The van der Waals surface area contributed by atoms with Crippen LogP contribution >= 0.6 is 46.4 Å². The maximum absolute atomic E-state index is 12.5. The Kier molecular flexibility index (Phi) is 7.59. The second-order valence-electron chi connectivity index (χ2n) is 5.84. The van der Waals surface area contributed by atoms with Crippen molar-refractivity contribution in [1.82, 2.24) is 4.90 Å². The fraction of sp³-hybridized carbons (Fsp3) is 0.471. The van der Waals surface area contributed by atoms with Crippen molar-refractivity contribution in [3.05, 3.63) is 31.2 Å². The van der Waals surface area contributed by atoms with Crippen molar-refractivity contribution in [2.45, 2.75) is 39.0 Å². The Balaban J connectivity index is 2.03. The molecule has 0 saturated heterocycles. The standard InChI is InChI=1S/C17H17Cl4NO4/c1-2-3-4-5-6-7-26-9(23)8-22-16(24)10-11(17(22)25)13(19)15(21)14(20)12(10)18/h2-8H2,1H3. The molecule has 0 atom stereocenters. The lowest BCUT2D eigenvalue weighted by Crippen LogP contribution is -2.35. The molecular weight excluding hydrogens is 424 g/mol. The van der Waals surface area contributed by atoms with Crippen LogP contribution in [-0.2, 0) is 9.53 Å². The minimum atomic E-state index is -0.754. The highest BCUT2D eigenvalue weighted by atomic mass is 35.5. The predicted molar refractivity (Wildman–Crippen MR) is 102 cm³/mol. The average molecular weight is 441 g/mol. The van der Waals surface area contributed by atoms with Gasteiger partial charge in [0.1, 0.15) is 6.54 Å². The number of benzene rings is 1. The molecule has 9 heteroatoms. The molecule has 5 nitrogen and oxygen atoms in total.